The third-order valence-electron chi connectivity index (χ3n) is 4.72. The van der Waals surface area contributed by atoms with Crippen LogP contribution >= 0.6 is 0 Å². The van der Waals surface area contributed by atoms with Gasteiger partial charge in [-0.1, -0.05) is 0 Å². The van der Waals surface area contributed by atoms with Crippen LogP contribution in [0.1, 0.15) is 5.82 Å². The molecule has 2 aromatic heterocycles. The minimum Gasteiger partial charge on any atom is -0.377 e. The monoisotopic (exact) mass is 343 g/mol. The van der Waals surface area contributed by atoms with Gasteiger partial charge in [0.1, 0.15) is 11.6 Å². The number of hydrogen-bond acceptors (Lipinski definition) is 7. The quantitative estimate of drug-likeness (QED) is 0.778. The fraction of sp³-hybridized carbons (Fsp3) is 0.500. The first kappa shape index (κ1) is 16.0. The molecule has 0 spiro atoms. The molecule has 2 aromatic rings. The van der Waals surface area contributed by atoms with Gasteiger partial charge in [0.15, 0.2) is 0 Å². The second-order valence-electron chi connectivity index (χ2n) is 6.36. The Kier molecular flexibility index (Phi) is 4.10. The van der Waals surface area contributed by atoms with Crippen molar-refractivity contribution in [2.24, 2.45) is 0 Å². The van der Waals surface area contributed by atoms with Crippen LogP contribution in [0.15, 0.2) is 24.7 Å². The number of aromatic nitrogens is 4. The molecule has 2 fully saturated rings. The maximum absolute atomic E-state index is 12.2. The number of hydrogen-bond donors (Lipinski definition) is 2. The normalized spacial score (nSPS) is 23.4. The van der Waals surface area contributed by atoms with E-state index in [1.165, 1.54) is 0 Å². The summed E-state index contributed by atoms with van der Waals surface area (Å²) in [5.74, 6) is 2.24. The van der Waals surface area contributed by atoms with Crippen molar-refractivity contribution in [2.45, 2.75) is 12.5 Å². The lowest BCUT2D eigenvalue weighted by Gasteiger charge is -2.49. The highest BCUT2D eigenvalue weighted by Crippen LogP contribution is 2.23. The van der Waals surface area contributed by atoms with Crippen LogP contribution in [-0.2, 0) is 9.53 Å². The Bertz CT molecular complexity index is 773. The molecule has 0 saturated carbocycles. The van der Waals surface area contributed by atoms with Crippen LogP contribution in [0.4, 0.5) is 5.95 Å². The smallest absolute Gasteiger partial charge is 0.237 e. The summed E-state index contributed by atoms with van der Waals surface area (Å²) in [7, 11) is 0. The maximum atomic E-state index is 12.2. The molecule has 4 heterocycles. The first-order valence-electron chi connectivity index (χ1n) is 8.34. The number of amides is 1. The van der Waals surface area contributed by atoms with E-state index in [1.54, 1.807) is 12.4 Å². The minimum atomic E-state index is -0.405. The molecular formula is C16H21N7O2. The standard InChI is InChI=1S/C16H21N7O2/c1-12-18-4-5-22(12)13-2-3-19-15(21-13)20-10-16-9-17-8-14(24)23(16)6-7-25-11-16/h2-5,17H,6-11H2,1H3,(H,19,20,21). The van der Waals surface area contributed by atoms with Crippen molar-refractivity contribution in [3.8, 4) is 5.82 Å². The highest BCUT2D eigenvalue weighted by atomic mass is 16.5. The molecule has 1 unspecified atom stereocenters. The summed E-state index contributed by atoms with van der Waals surface area (Å²) in [5.41, 5.74) is -0.405. The van der Waals surface area contributed by atoms with Crippen molar-refractivity contribution in [3.05, 3.63) is 30.5 Å². The predicted octanol–water partition coefficient (Wildman–Crippen LogP) is -0.417. The number of fused-ring (bicyclic) bond motifs is 1. The van der Waals surface area contributed by atoms with Crippen LogP contribution < -0.4 is 10.6 Å². The summed E-state index contributed by atoms with van der Waals surface area (Å²) in [6.07, 6.45) is 5.31. The average molecular weight is 343 g/mol. The second kappa shape index (κ2) is 6.41. The molecule has 9 heteroatoms. The number of piperazine rings is 1. The van der Waals surface area contributed by atoms with Crippen molar-refractivity contribution in [3.63, 3.8) is 0 Å². The molecule has 2 N–H and O–H groups in total. The highest BCUT2D eigenvalue weighted by molar-refractivity contribution is 5.80. The van der Waals surface area contributed by atoms with Crippen LogP contribution in [0.5, 0.6) is 0 Å². The Morgan fingerprint density at radius 2 is 2.32 bits per heavy atom. The van der Waals surface area contributed by atoms with Crippen molar-refractivity contribution in [1.82, 2.24) is 29.7 Å². The molecule has 0 aliphatic carbocycles. The SMILES string of the molecule is Cc1nccn1-c1ccnc(NCC23CNCC(=O)N2CCOC3)n1. The predicted molar refractivity (Wildman–Crippen MR) is 90.5 cm³/mol. The Labute approximate surface area is 145 Å². The molecular weight excluding hydrogens is 322 g/mol. The number of carbonyl (C=O) groups is 1. The van der Waals surface area contributed by atoms with Crippen molar-refractivity contribution in [1.29, 1.82) is 0 Å². The van der Waals surface area contributed by atoms with E-state index >= 15 is 0 Å². The van der Waals surface area contributed by atoms with Gasteiger partial charge in [-0.3, -0.25) is 9.36 Å². The first-order chi connectivity index (χ1) is 12.2. The number of anilines is 1. The molecule has 1 atom stereocenters. The van der Waals surface area contributed by atoms with Gasteiger partial charge in [-0.2, -0.15) is 4.98 Å². The fourth-order valence-electron chi connectivity index (χ4n) is 3.41. The summed E-state index contributed by atoms with van der Waals surface area (Å²) in [5, 5.41) is 6.46. The van der Waals surface area contributed by atoms with Gasteiger partial charge in [0.25, 0.3) is 0 Å². The Morgan fingerprint density at radius 1 is 1.40 bits per heavy atom. The molecule has 2 aliphatic heterocycles. The van der Waals surface area contributed by atoms with E-state index in [9.17, 15) is 4.79 Å². The third kappa shape index (κ3) is 2.96. The van der Waals surface area contributed by atoms with Gasteiger partial charge in [0, 0.05) is 38.2 Å². The Morgan fingerprint density at radius 3 is 3.16 bits per heavy atom. The van der Waals surface area contributed by atoms with E-state index in [2.05, 4.69) is 25.6 Å². The number of carbonyl (C=O) groups excluding carboxylic acids is 1. The van der Waals surface area contributed by atoms with Gasteiger partial charge in [0.2, 0.25) is 11.9 Å². The highest BCUT2D eigenvalue weighted by Gasteiger charge is 2.44. The zero-order valence-corrected chi connectivity index (χ0v) is 14.1. The number of nitrogens with zero attached hydrogens (tertiary/aromatic N) is 5. The van der Waals surface area contributed by atoms with Crippen molar-refractivity contribution < 1.29 is 9.53 Å². The van der Waals surface area contributed by atoms with Gasteiger partial charge in [0.05, 0.1) is 25.3 Å². The number of aryl methyl sites for hydroxylation is 1. The van der Waals surface area contributed by atoms with E-state index < -0.39 is 5.54 Å². The zero-order valence-electron chi connectivity index (χ0n) is 14.1. The second-order valence-corrected chi connectivity index (χ2v) is 6.36. The Balaban J connectivity index is 1.53. The number of nitrogens with one attached hydrogen (secondary N) is 2. The molecule has 2 aliphatic rings. The molecule has 0 aromatic carbocycles. The topological polar surface area (TPSA) is 97.2 Å². The number of ether oxygens (including phenoxy) is 1. The fourth-order valence-corrected chi connectivity index (χ4v) is 3.41. The lowest BCUT2D eigenvalue weighted by molar-refractivity contribution is -0.151. The van der Waals surface area contributed by atoms with Gasteiger partial charge >= 0.3 is 0 Å². The molecule has 4 rings (SSSR count). The van der Waals surface area contributed by atoms with Crippen molar-refractivity contribution >= 4 is 11.9 Å². The van der Waals surface area contributed by atoms with Crippen LogP contribution in [0, 0.1) is 6.92 Å². The molecule has 2 saturated heterocycles. The summed E-state index contributed by atoms with van der Waals surface area (Å²) in [6.45, 7) is 5.22. The maximum Gasteiger partial charge on any atom is 0.237 e. The van der Waals surface area contributed by atoms with Gasteiger partial charge in [-0.05, 0) is 13.0 Å². The average Bonchev–Trinajstić information content (AvgIpc) is 3.07. The van der Waals surface area contributed by atoms with Crippen LogP contribution in [0.3, 0.4) is 0 Å². The lowest BCUT2D eigenvalue weighted by atomic mass is 9.94. The summed E-state index contributed by atoms with van der Waals surface area (Å²) in [6, 6.07) is 1.83. The number of imidazole rings is 1. The van der Waals surface area contributed by atoms with E-state index in [-0.39, 0.29) is 5.91 Å². The lowest BCUT2D eigenvalue weighted by Crippen LogP contribution is -2.71. The first-order valence-corrected chi connectivity index (χ1v) is 8.34. The minimum absolute atomic E-state index is 0.111. The number of rotatable bonds is 4. The summed E-state index contributed by atoms with van der Waals surface area (Å²) < 4.78 is 7.55. The van der Waals surface area contributed by atoms with E-state index in [1.807, 2.05) is 28.7 Å². The van der Waals surface area contributed by atoms with Gasteiger partial charge < -0.3 is 20.3 Å². The van der Waals surface area contributed by atoms with E-state index in [4.69, 9.17) is 4.74 Å². The van der Waals surface area contributed by atoms with Crippen molar-refractivity contribution in [2.75, 3.05) is 44.7 Å². The zero-order chi connectivity index (χ0) is 17.3. The molecule has 0 bridgehead atoms. The largest absolute Gasteiger partial charge is 0.377 e. The van der Waals surface area contributed by atoms with Gasteiger partial charge in [-0.25, -0.2) is 9.97 Å². The molecule has 132 valence electrons. The van der Waals surface area contributed by atoms with Crippen LogP contribution in [0.25, 0.3) is 5.82 Å². The number of morpholine rings is 1. The van der Waals surface area contributed by atoms with Crippen LogP contribution in [-0.4, -0.2) is 75.3 Å². The summed E-state index contributed by atoms with van der Waals surface area (Å²) in [4.78, 5) is 27.2. The molecule has 25 heavy (non-hydrogen) atoms. The molecule has 9 nitrogen and oxygen atoms in total. The van der Waals surface area contributed by atoms with Crippen LogP contribution in [0.2, 0.25) is 0 Å². The third-order valence-corrected chi connectivity index (χ3v) is 4.72. The van der Waals surface area contributed by atoms with E-state index in [0.717, 1.165) is 11.6 Å². The summed E-state index contributed by atoms with van der Waals surface area (Å²) >= 11 is 0. The van der Waals surface area contributed by atoms with E-state index in [0.29, 0.717) is 45.3 Å². The molecule has 0 radical (unpaired) electrons. The van der Waals surface area contributed by atoms with Gasteiger partial charge in [-0.15, -0.1) is 0 Å². The molecule has 1 amide bonds. The Hall–Kier alpha value is -2.52.